The number of nitrogens with one attached hydrogen (secondary N) is 3. The number of nitrogens with zero attached hydrogens (tertiary/aromatic N) is 3. The molecular weight excluding hydrogens is 481 g/mol. The minimum Gasteiger partial charge on any atom is -0.496 e. The number of alkyl halides is 3. The van der Waals surface area contributed by atoms with Gasteiger partial charge in [-0.05, 0) is 18.9 Å². The van der Waals surface area contributed by atoms with Crippen molar-refractivity contribution >= 4 is 40.0 Å². The Morgan fingerprint density at radius 1 is 1.31 bits per heavy atom. The van der Waals surface area contributed by atoms with Gasteiger partial charge in [-0.3, -0.25) is 14.3 Å². The molecule has 0 spiro atoms. The summed E-state index contributed by atoms with van der Waals surface area (Å²) >= 11 is 0. The van der Waals surface area contributed by atoms with Crippen molar-refractivity contribution < 1.29 is 40.5 Å². The summed E-state index contributed by atoms with van der Waals surface area (Å²) in [5, 5.41) is 11.5. The highest BCUT2D eigenvalue weighted by Crippen LogP contribution is 2.44. The van der Waals surface area contributed by atoms with Crippen molar-refractivity contribution in [3.8, 4) is 5.75 Å². The monoisotopic (exact) mass is 512 g/mol. The average Bonchev–Trinajstić information content (AvgIpc) is 3.65. The Labute approximate surface area is 212 Å². The molecule has 1 aromatic carbocycles. The van der Waals surface area contributed by atoms with Gasteiger partial charge in [0.1, 0.15) is 11.6 Å². The molecule has 2 amide bonds. The molecule has 4 rings (SSSR count). The first-order valence-electron chi connectivity index (χ1n) is 13.6. The number of rotatable bonds is 8. The predicted octanol–water partition coefficient (Wildman–Crippen LogP) is 3.68. The van der Waals surface area contributed by atoms with Crippen molar-refractivity contribution in [2.24, 2.45) is 13.0 Å². The molecular formula is C23H25F3N6O4. The van der Waals surface area contributed by atoms with Crippen LogP contribution in [0.5, 0.6) is 5.75 Å². The quantitative estimate of drug-likeness (QED) is 0.421. The van der Waals surface area contributed by atoms with Gasteiger partial charge in [0.15, 0.2) is 11.9 Å². The van der Waals surface area contributed by atoms with E-state index in [4.69, 9.17) is 13.0 Å². The molecule has 3 aromatic rings. The highest BCUT2D eigenvalue weighted by atomic mass is 19.4. The number of benzene rings is 1. The second-order valence-electron chi connectivity index (χ2n) is 8.05. The molecule has 3 N–H and O–H groups in total. The number of aryl methyl sites for hydroxylation is 1. The van der Waals surface area contributed by atoms with Gasteiger partial charge < -0.3 is 25.4 Å². The maximum Gasteiger partial charge on any atom is 0.418 e. The molecule has 2 heterocycles. The molecule has 1 aliphatic rings. The Morgan fingerprint density at radius 3 is 2.72 bits per heavy atom. The number of hydrogen-bond acceptors (Lipinski definition) is 7. The number of hydrogen-bond donors (Lipinski definition) is 3. The van der Waals surface area contributed by atoms with Crippen LogP contribution in [0, 0.1) is 5.92 Å². The van der Waals surface area contributed by atoms with E-state index in [9.17, 15) is 22.8 Å². The third kappa shape index (κ3) is 4.78. The minimum absolute atomic E-state index is 0.0101. The molecule has 36 heavy (non-hydrogen) atoms. The Hall–Kier alpha value is -3.87. The number of anilines is 3. The lowest BCUT2D eigenvalue weighted by Gasteiger charge is -2.22. The van der Waals surface area contributed by atoms with Gasteiger partial charge in [0.25, 0.3) is 5.91 Å². The van der Waals surface area contributed by atoms with Crippen LogP contribution in [0.2, 0.25) is 0 Å². The van der Waals surface area contributed by atoms with Crippen LogP contribution in [0.1, 0.15) is 43.1 Å². The minimum atomic E-state index is -5.15. The van der Waals surface area contributed by atoms with Crippen molar-refractivity contribution in [1.82, 2.24) is 20.1 Å². The van der Waals surface area contributed by atoms with E-state index in [0.29, 0.717) is 12.8 Å². The summed E-state index contributed by atoms with van der Waals surface area (Å²) in [7, 11) is -0.854. The van der Waals surface area contributed by atoms with E-state index in [0.717, 1.165) is 19.4 Å². The average molecular weight is 513 g/mol. The topological polar surface area (TPSA) is 119 Å². The number of halogens is 3. The third-order valence-corrected chi connectivity index (χ3v) is 5.62. The zero-order valence-electron chi connectivity index (χ0n) is 25.0. The van der Waals surface area contributed by atoms with Gasteiger partial charge in [0.05, 0.1) is 33.4 Å². The van der Waals surface area contributed by atoms with Crippen LogP contribution in [-0.2, 0) is 16.6 Å². The molecule has 0 unspecified atom stereocenters. The van der Waals surface area contributed by atoms with Crippen LogP contribution in [0.25, 0.3) is 10.9 Å². The number of fused-ring (bicyclic) bond motifs is 1. The normalized spacial score (nSPS) is 17.6. The van der Waals surface area contributed by atoms with Crippen LogP contribution in [0.4, 0.5) is 30.5 Å². The number of carbonyl (C=O) groups is 2. The Bertz CT molecular complexity index is 1520. The van der Waals surface area contributed by atoms with Crippen LogP contribution in [0.15, 0.2) is 24.4 Å². The second kappa shape index (κ2) is 9.64. The number of carbonyl (C=O) groups excluding carboxylic acids is 2. The van der Waals surface area contributed by atoms with Gasteiger partial charge in [-0.15, -0.1) is 0 Å². The molecule has 2 aromatic heterocycles. The fourth-order valence-electron chi connectivity index (χ4n) is 3.74. The summed E-state index contributed by atoms with van der Waals surface area (Å²) in [6, 6.07) is 3.49. The second-order valence-corrected chi connectivity index (χ2v) is 8.05. The molecule has 1 atom stereocenters. The van der Waals surface area contributed by atoms with Gasteiger partial charge in [-0.2, -0.15) is 18.3 Å². The molecule has 13 heteroatoms. The van der Waals surface area contributed by atoms with E-state index in [1.807, 2.05) is 5.32 Å². The van der Waals surface area contributed by atoms with E-state index < -0.39 is 43.5 Å². The van der Waals surface area contributed by atoms with Gasteiger partial charge in [-0.25, -0.2) is 4.98 Å². The first-order chi connectivity index (χ1) is 19.4. The lowest BCUT2D eigenvalue weighted by molar-refractivity contribution is -0.216. The molecule has 0 aliphatic heterocycles. The fourth-order valence-corrected chi connectivity index (χ4v) is 3.74. The number of methoxy groups -OCH3 is 2. The van der Waals surface area contributed by atoms with Gasteiger partial charge in [0.2, 0.25) is 5.91 Å². The van der Waals surface area contributed by atoms with Crippen molar-refractivity contribution in [3.63, 3.8) is 0 Å². The molecule has 1 aliphatic carbocycles. The van der Waals surface area contributed by atoms with E-state index in [1.54, 1.807) is 0 Å². The van der Waals surface area contributed by atoms with Crippen molar-refractivity contribution in [1.29, 1.82) is 0 Å². The summed E-state index contributed by atoms with van der Waals surface area (Å²) < 4.78 is 96.8. The highest BCUT2D eigenvalue weighted by molar-refractivity contribution is 6.04. The number of pyridine rings is 1. The van der Waals surface area contributed by atoms with Crippen molar-refractivity contribution in [2.75, 3.05) is 31.8 Å². The van der Waals surface area contributed by atoms with E-state index >= 15 is 0 Å². The van der Waals surface area contributed by atoms with Gasteiger partial charge in [-0.1, -0.05) is 6.07 Å². The van der Waals surface area contributed by atoms with Crippen LogP contribution < -0.4 is 20.7 Å². The summed E-state index contributed by atoms with van der Waals surface area (Å²) in [5.74, 6) is -2.12. The van der Waals surface area contributed by atoms with Crippen molar-refractivity contribution in [3.05, 3.63) is 35.5 Å². The maximum atomic E-state index is 14.0. The first-order valence-corrected chi connectivity index (χ1v) is 10.6. The Kier molecular flexibility index (Phi) is 4.93. The number of aromatic nitrogens is 3. The lowest BCUT2D eigenvalue weighted by atomic mass is 10.0. The Morgan fingerprint density at radius 2 is 2.08 bits per heavy atom. The maximum absolute atomic E-state index is 14.0. The molecule has 10 nitrogen and oxygen atoms in total. The summed E-state index contributed by atoms with van der Waals surface area (Å²) in [5.41, 5.74) is -0.797. The standard InChI is InChI=1S/C23H25F3N6O4/c1-27-22(34)13-10-28-16(30-21(33)11-5-6-11)9-14(13)29-20-17-15(32(2)31-20)8-7-12(18(17)35-3)19(36-4)23(24,25)26/h7-11,19H,5-6H2,1-4H3,(H,27,34)(H2,28,29,30,31,33)/t19-/m1/s1/i1D3,4D3. The molecule has 0 radical (unpaired) electrons. The van der Waals surface area contributed by atoms with Crippen LogP contribution >= 0.6 is 0 Å². The lowest BCUT2D eigenvalue weighted by Crippen LogP contribution is -2.23. The van der Waals surface area contributed by atoms with Gasteiger partial charge in [0, 0.05) is 48.9 Å². The molecule has 1 fully saturated rings. The van der Waals surface area contributed by atoms with E-state index in [-0.39, 0.29) is 45.6 Å². The zero-order chi connectivity index (χ0) is 31.2. The fraction of sp³-hybridized carbons (Fsp3) is 0.391. The van der Waals surface area contributed by atoms with Crippen molar-refractivity contribution in [2.45, 2.75) is 25.1 Å². The summed E-state index contributed by atoms with van der Waals surface area (Å²) in [6.07, 6.45) is -5.64. The van der Waals surface area contributed by atoms with Crippen LogP contribution in [0.3, 0.4) is 0 Å². The first kappa shape index (κ1) is 18.4. The van der Waals surface area contributed by atoms with E-state index in [1.165, 1.54) is 23.9 Å². The van der Waals surface area contributed by atoms with Crippen LogP contribution in [-0.4, -0.2) is 53.9 Å². The molecule has 1 saturated carbocycles. The molecule has 0 saturated heterocycles. The predicted molar refractivity (Wildman–Crippen MR) is 125 cm³/mol. The highest BCUT2D eigenvalue weighted by Gasteiger charge is 2.43. The van der Waals surface area contributed by atoms with Gasteiger partial charge >= 0.3 is 6.18 Å². The molecule has 192 valence electrons. The zero-order valence-corrected chi connectivity index (χ0v) is 19.0. The number of ether oxygens (including phenoxy) is 2. The SMILES string of the molecule is [2H]C([2H])([2H])NC(=O)c1cnc(NC(=O)C2CC2)cc1Nc1nn(C)c2ccc([C@@H](OC([2H])([2H])[2H])C(F)(F)F)c(OC)c12. The third-order valence-electron chi connectivity index (χ3n) is 5.62. The van der Waals surface area contributed by atoms with E-state index in [2.05, 4.69) is 25.5 Å². The Balaban J connectivity index is 1.85. The number of amides is 2. The molecule has 0 bridgehead atoms. The largest absolute Gasteiger partial charge is 0.496 e. The summed E-state index contributed by atoms with van der Waals surface area (Å²) in [6.45, 7) is -2.86. The smallest absolute Gasteiger partial charge is 0.418 e. The summed E-state index contributed by atoms with van der Waals surface area (Å²) in [4.78, 5) is 29.1.